The van der Waals surface area contributed by atoms with Gasteiger partial charge in [0.25, 0.3) is 0 Å². The number of rotatable bonds is 1. The minimum atomic E-state index is -0.0691. The third kappa shape index (κ3) is 1.86. The van der Waals surface area contributed by atoms with Gasteiger partial charge in [0.15, 0.2) is 0 Å². The SMILES string of the molecule is CC1(C)CB(c2ccc3c(c2)SCO3)OC1(C)C. The first kappa shape index (κ1) is 12.4. The van der Waals surface area contributed by atoms with Gasteiger partial charge in [0.2, 0.25) is 0 Å². The van der Waals surface area contributed by atoms with Gasteiger partial charge < -0.3 is 9.39 Å². The van der Waals surface area contributed by atoms with Crippen LogP contribution in [0.25, 0.3) is 0 Å². The van der Waals surface area contributed by atoms with Gasteiger partial charge in [-0.15, -0.1) is 0 Å². The molecule has 0 unspecified atom stereocenters. The van der Waals surface area contributed by atoms with Gasteiger partial charge in [0, 0.05) is 0 Å². The Morgan fingerprint density at radius 1 is 1.22 bits per heavy atom. The predicted octanol–water partition coefficient (Wildman–Crippen LogP) is 3.16. The van der Waals surface area contributed by atoms with Crippen LogP contribution in [0.2, 0.25) is 6.32 Å². The zero-order chi connectivity index (χ0) is 13.0. The molecule has 1 fully saturated rings. The minimum absolute atomic E-state index is 0.0691. The summed E-state index contributed by atoms with van der Waals surface area (Å²) < 4.78 is 11.8. The molecular weight excluding hydrogens is 243 g/mol. The highest BCUT2D eigenvalue weighted by molar-refractivity contribution is 7.99. The molecule has 0 radical (unpaired) electrons. The van der Waals surface area contributed by atoms with E-state index < -0.39 is 0 Å². The maximum Gasteiger partial charge on any atom is 0.328 e. The van der Waals surface area contributed by atoms with E-state index in [1.807, 2.05) is 0 Å². The summed E-state index contributed by atoms with van der Waals surface area (Å²) in [5.41, 5.74) is 1.42. The predicted molar refractivity (Wildman–Crippen MR) is 76.9 cm³/mol. The van der Waals surface area contributed by atoms with E-state index in [9.17, 15) is 0 Å². The molecule has 0 saturated carbocycles. The zero-order valence-corrected chi connectivity index (χ0v) is 12.3. The summed E-state index contributed by atoms with van der Waals surface area (Å²) in [5.74, 6) is 1.75. The molecule has 2 aliphatic rings. The quantitative estimate of drug-likeness (QED) is 0.724. The fourth-order valence-electron chi connectivity index (χ4n) is 2.57. The topological polar surface area (TPSA) is 18.5 Å². The van der Waals surface area contributed by atoms with Gasteiger partial charge in [-0.1, -0.05) is 31.7 Å². The molecular formula is C14H19BO2S. The van der Waals surface area contributed by atoms with Crippen LogP contribution in [0.3, 0.4) is 0 Å². The summed E-state index contributed by atoms with van der Waals surface area (Å²) in [6.45, 7) is 9.17. The fourth-order valence-corrected chi connectivity index (χ4v) is 3.37. The van der Waals surface area contributed by atoms with E-state index in [2.05, 4.69) is 45.9 Å². The van der Waals surface area contributed by atoms with Crippen molar-refractivity contribution in [3.05, 3.63) is 18.2 Å². The van der Waals surface area contributed by atoms with Crippen molar-refractivity contribution >= 4 is 24.1 Å². The van der Waals surface area contributed by atoms with Gasteiger partial charge in [-0.05, 0) is 43.2 Å². The lowest BCUT2D eigenvalue weighted by Crippen LogP contribution is -2.36. The first-order valence-electron chi connectivity index (χ1n) is 6.46. The molecule has 0 aromatic heterocycles. The highest BCUT2D eigenvalue weighted by atomic mass is 32.2. The largest absolute Gasteiger partial charge is 0.481 e. The van der Waals surface area contributed by atoms with E-state index in [4.69, 9.17) is 9.39 Å². The number of hydrogen-bond acceptors (Lipinski definition) is 3. The van der Waals surface area contributed by atoms with E-state index in [0.29, 0.717) is 0 Å². The van der Waals surface area contributed by atoms with Crippen molar-refractivity contribution in [3.63, 3.8) is 0 Å². The summed E-state index contributed by atoms with van der Waals surface area (Å²) >= 11 is 1.76. The first-order valence-corrected chi connectivity index (χ1v) is 7.45. The van der Waals surface area contributed by atoms with Crippen molar-refractivity contribution in [2.45, 2.75) is 44.5 Å². The molecule has 3 rings (SSSR count). The Morgan fingerprint density at radius 2 is 2.00 bits per heavy atom. The molecule has 0 amide bonds. The molecule has 0 bridgehead atoms. The van der Waals surface area contributed by atoms with Crippen molar-refractivity contribution in [2.24, 2.45) is 5.41 Å². The van der Waals surface area contributed by atoms with Crippen LogP contribution in [0, 0.1) is 5.41 Å². The van der Waals surface area contributed by atoms with Gasteiger partial charge in [0.05, 0.1) is 10.5 Å². The molecule has 0 N–H and O–H groups in total. The monoisotopic (exact) mass is 262 g/mol. The van der Waals surface area contributed by atoms with E-state index in [1.165, 1.54) is 10.4 Å². The second-order valence-corrected chi connectivity index (χ2v) is 7.28. The fraction of sp³-hybridized carbons (Fsp3) is 0.571. The van der Waals surface area contributed by atoms with Crippen LogP contribution in [0.5, 0.6) is 5.75 Å². The minimum Gasteiger partial charge on any atom is -0.481 e. The van der Waals surface area contributed by atoms with Crippen LogP contribution in [-0.4, -0.2) is 18.5 Å². The number of benzene rings is 1. The van der Waals surface area contributed by atoms with Crippen molar-refractivity contribution in [2.75, 3.05) is 5.94 Å². The third-order valence-corrected chi connectivity index (χ3v) is 5.40. The zero-order valence-electron chi connectivity index (χ0n) is 11.4. The Kier molecular flexibility index (Phi) is 2.72. The van der Waals surface area contributed by atoms with Crippen LogP contribution in [0.4, 0.5) is 0 Å². The van der Waals surface area contributed by atoms with Crippen molar-refractivity contribution in [1.29, 1.82) is 0 Å². The number of ether oxygens (including phenoxy) is 1. The molecule has 96 valence electrons. The number of fused-ring (bicyclic) bond motifs is 1. The molecule has 0 aliphatic carbocycles. The third-order valence-electron chi connectivity index (χ3n) is 4.53. The maximum atomic E-state index is 6.26. The average Bonchev–Trinajstić information content (AvgIpc) is 2.80. The number of hydrogen-bond donors (Lipinski definition) is 0. The maximum absolute atomic E-state index is 6.26. The van der Waals surface area contributed by atoms with E-state index in [1.54, 1.807) is 11.8 Å². The van der Waals surface area contributed by atoms with Crippen LogP contribution in [0.15, 0.2) is 23.1 Å². The molecule has 4 heteroatoms. The normalized spacial score (nSPS) is 23.9. The summed E-state index contributed by atoms with van der Waals surface area (Å²) in [5, 5.41) is 0. The van der Waals surface area contributed by atoms with Gasteiger partial charge in [-0.3, -0.25) is 0 Å². The standard InChI is InChI=1S/C14H19BO2S/c1-13(2)8-15(17-14(13,3)4)10-5-6-11-12(7-10)18-9-16-11/h5-7H,8-9H2,1-4H3. The average molecular weight is 262 g/mol. The van der Waals surface area contributed by atoms with Crippen LogP contribution in [0.1, 0.15) is 27.7 Å². The lowest BCUT2D eigenvalue weighted by Gasteiger charge is -2.34. The summed E-state index contributed by atoms with van der Waals surface area (Å²) in [6, 6.07) is 6.45. The Hall–Kier alpha value is -0.605. The highest BCUT2D eigenvalue weighted by Crippen LogP contribution is 2.45. The van der Waals surface area contributed by atoms with Crippen LogP contribution in [-0.2, 0) is 4.65 Å². The number of thioether (sulfide) groups is 1. The molecule has 1 aromatic carbocycles. The van der Waals surface area contributed by atoms with Gasteiger partial charge in [-0.2, -0.15) is 0 Å². The Morgan fingerprint density at radius 3 is 2.67 bits per heavy atom. The molecule has 0 spiro atoms. The van der Waals surface area contributed by atoms with E-state index >= 15 is 0 Å². The highest BCUT2D eigenvalue weighted by Gasteiger charge is 2.49. The molecule has 0 atom stereocenters. The lowest BCUT2D eigenvalue weighted by atomic mass is 9.54. The Balaban J connectivity index is 1.89. The van der Waals surface area contributed by atoms with E-state index in [-0.39, 0.29) is 17.9 Å². The molecule has 18 heavy (non-hydrogen) atoms. The summed E-state index contributed by atoms with van der Waals surface area (Å²) in [7, 11) is 0. The van der Waals surface area contributed by atoms with Gasteiger partial charge in [0.1, 0.15) is 11.7 Å². The van der Waals surface area contributed by atoms with Crippen molar-refractivity contribution < 1.29 is 9.39 Å². The second-order valence-electron chi connectivity index (χ2n) is 6.32. The summed E-state index contributed by atoms with van der Waals surface area (Å²) in [4.78, 5) is 1.25. The van der Waals surface area contributed by atoms with Gasteiger partial charge >= 0.3 is 6.92 Å². The van der Waals surface area contributed by atoms with Crippen LogP contribution >= 0.6 is 11.8 Å². The van der Waals surface area contributed by atoms with Crippen LogP contribution < -0.4 is 10.2 Å². The molecule has 2 nitrogen and oxygen atoms in total. The first-order chi connectivity index (χ1) is 8.39. The molecule has 1 saturated heterocycles. The second kappa shape index (κ2) is 3.94. The molecule has 2 heterocycles. The van der Waals surface area contributed by atoms with Crippen molar-refractivity contribution in [1.82, 2.24) is 0 Å². The molecule has 1 aromatic rings. The van der Waals surface area contributed by atoms with Gasteiger partial charge in [-0.25, -0.2) is 0 Å². The Bertz CT molecular complexity index is 469. The van der Waals surface area contributed by atoms with Crippen molar-refractivity contribution in [3.8, 4) is 5.75 Å². The van der Waals surface area contributed by atoms with E-state index in [0.717, 1.165) is 18.0 Å². The summed E-state index contributed by atoms with van der Waals surface area (Å²) in [6.07, 6.45) is 1.07. The smallest absolute Gasteiger partial charge is 0.328 e. The lowest BCUT2D eigenvalue weighted by molar-refractivity contribution is 0.0375. The molecule has 2 aliphatic heterocycles. The Labute approximate surface area is 114 Å².